The third-order valence-corrected chi connectivity index (χ3v) is 4.57. The van der Waals surface area contributed by atoms with Gasteiger partial charge in [-0.05, 0) is 57.6 Å². The van der Waals surface area contributed by atoms with Gasteiger partial charge in [-0.1, -0.05) is 45.0 Å². The van der Waals surface area contributed by atoms with E-state index in [4.69, 9.17) is 9.47 Å². The number of hydrazine groups is 1. The molecular weight excluding hydrogens is 424 g/mol. The van der Waals surface area contributed by atoms with Crippen LogP contribution in [0.4, 0.5) is 0 Å². The maximum Gasteiger partial charge on any atom is 0.276 e. The van der Waals surface area contributed by atoms with E-state index in [1.165, 1.54) is 0 Å². The van der Waals surface area contributed by atoms with E-state index in [2.05, 4.69) is 47.6 Å². The summed E-state index contributed by atoms with van der Waals surface area (Å²) in [7, 11) is 0. The van der Waals surface area contributed by atoms with Crippen LogP contribution in [0, 0.1) is 6.92 Å². The van der Waals surface area contributed by atoms with Crippen molar-refractivity contribution in [3.05, 3.63) is 58.1 Å². The first-order chi connectivity index (χ1) is 13.2. The first-order valence-corrected chi connectivity index (χ1v) is 9.65. The van der Waals surface area contributed by atoms with Gasteiger partial charge in [0.2, 0.25) is 0 Å². The molecule has 2 rings (SSSR count). The van der Waals surface area contributed by atoms with Crippen LogP contribution in [0.1, 0.15) is 31.9 Å². The summed E-state index contributed by atoms with van der Waals surface area (Å²) in [5.74, 6) is 0.233. The fourth-order valence-corrected chi connectivity index (χ4v) is 2.79. The molecule has 2 aromatic carbocycles. The summed E-state index contributed by atoms with van der Waals surface area (Å²) in [6.45, 7) is 7.81. The van der Waals surface area contributed by atoms with Gasteiger partial charge in [0.1, 0.15) is 11.5 Å². The Morgan fingerprint density at radius 1 is 0.929 bits per heavy atom. The molecule has 7 heteroatoms. The van der Waals surface area contributed by atoms with Gasteiger partial charge in [0.25, 0.3) is 11.8 Å². The molecular formula is C21H25BrN2O4. The minimum absolute atomic E-state index is 0.0169. The van der Waals surface area contributed by atoms with Gasteiger partial charge in [-0.25, -0.2) is 0 Å². The lowest BCUT2D eigenvalue weighted by molar-refractivity contribution is -0.131. The van der Waals surface area contributed by atoms with Gasteiger partial charge in [0.15, 0.2) is 13.2 Å². The zero-order valence-electron chi connectivity index (χ0n) is 16.5. The van der Waals surface area contributed by atoms with E-state index in [1.807, 2.05) is 43.3 Å². The number of aryl methyl sites for hydroxylation is 1. The van der Waals surface area contributed by atoms with E-state index in [-0.39, 0.29) is 18.6 Å². The largest absolute Gasteiger partial charge is 0.483 e. The summed E-state index contributed by atoms with van der Waals surface area (Å²) < 4.78 is 11.7. The van der Waals surface area contributed by atoms with Crippen LogP contribution in [-0.4, -0.2) is 25.0 Å². The number of para-hydroxylation sites is 1. The highest BCUT2D eigenvalue weighted by molar-refractivity contribution is 9.10. The van der Waals surface area contributed by atoms with Crippen LogP contribution in [0.5, 0.6) is 11.5 Å². The molecule has 0 aliphatic rings. The second-order valence-corrected chi connectivity index (χ2v) is 8.19. The predicted molar refractivity (Wildman–Crippen MR) is 111 cm³/mol. The predicted octanol–water partition coefficient (Wildman–Crippen LogP) is 3.66. The molecule has 2 aromatic rings. The monoisotopic (exact) mass is 448 g/mol. The highest BCUT2D eigenvalue weighted by Crippen LogP contribution is 2.31. The number of rotatable bonds is 6. The molecule has 150 valence electrons. The zero-order valence-corrected chi connectivity index (χ0v) is 18.1. The molecule has 0 aliphatic heterocycles. The number of ether oxygens (including phenoxy) is 2. The number of halogens is 1. The molecule has 0 aliphatic carbocycles. The summed E-state index contributed by atoms with van der Waals surface area (Å²) in [6.07, 6.45) is 0. The Morgan fingerprint density at radius 2 is 1.50 bits per heavy atom. The van der Waals surface area contributed by atoms with Crippen molar-refractivity contribution in [1.82, 2.24) is 10.9 Å². The average Bonchev–Trinajstić information content (AvgIpc) is 2.64. The summed E-state index contributed by atoms with van der Waals surface area (Å²) in [5.41, 5.74) is 6.69. The van der Waals surface area contributed by atoms with Crippen molar-refractivity contribution < 1.29 is 19.1 Å². The molecule has 2 amide bonds. The number of benzene rings is 2. The second kappa shape index (κ2) is 9.59. The van der Waals surface area contributed by atoms with E-state index in [1.54, 1.807) is 6.07 Å². The Balaban J connectivity index is 1.75. The van der Waals surface area contributed by atoms with Crippen molar-refractivity contribution in [3.63, 3.8) is 0 Å². The highest BCUT2D eigenvalue weighted by Gasteiger charge is 2.16. The van der Waals surface area contributed by atoms with Crippen LogP contribution in [0.25, 0.3) is 0 Å². The fraction of sp³-hybridized carbons (Fsp3) is 0.333. The molecule has 0 spiro atoms. The second-order valence-electron chi connectivity index (χ2n) is 7.33. The van der Waals surface area contributed by atoms with Gasteiger partial charge in [-0.3, -0.25) is 20.4 Å². The highest BCUT2D eigenvalue weighted by atomic mass is 79.9. The van der Waals surface area contributed by atoms with E-state index < -0.39 is 11.8 Å². The summed E-state index contributed by atoms with van der Waals surface area (Å²) in [4.78, 5) is 23.7. The summed E-state index contributed by atoms with van der Waals surface area (Å²) in [6, 6.07) is 13.1. The minimum atomic E-state index is -0.476. The van der Waals surface area contributed by atoms with Gasteiger partial charge < -0.3 is 9.47 Å². The first-order valence-electron chi connectivity index (χ1n) is 8.86. The zero-order chi connectivity index (χ0) is 20.7. The molecule has 28 heavy (non-hydrogen) atoms. The van der Waals surface area contributed by atoms with Gasteiger partial charge in [-0.2, -0.15) is 0 Å². The summed E-state index contributed by atoms with van der Waals surface area (Å²) >= 11 is 3.46. The van der Waals surface area contributed by atoms with Crippen molar-refractivity contribution in [2.24, 2.45) is 0 Å². The van der Waals surface area contributed by atoms with Crippen molar-refractivity contribution in [2.75, 3.05) is 13.2 Å². The van der Waals surface area contributed by atoms with E-state index in [9.17, 15) is 9.59 Å². The smallest absolute Gasteiger partial charge is 0.276 e. The van der Waals surface area contributed by atoms with Gasteiger partial charge >= 0.3 is 0 Å². The molecule has 0 fully saturated rings. The molecule has 0 unspecified atom stereocenters. The minimum Gasteiger partial charge on any atom is -0.483 e. The Labute approximate surface area is 173 Å². The van der Waals surface area contributed by atoms with E-state index >= 15 is 0 Å². The van der Waals surface area contributed by atoms with Gasteiger partial charge in [0, 0.05) is 0 Å². The van der Waals surface area contributed by atoms with Crippen molar-refractivity contribution in [2.45, 2.75) is 33.1 Å². The van der Waals surface area contributed by atoms with Gasteiger partial charge in [0.05, 0.1) is 4.47 Å². The lowest BCUT2D eigenvalue weighted by Gasteiger charge is -2.20. The Morgan fingerprint density at radius 3 is 2.04 bits per heavy atom. The number of nitrogens with one attached hydrogen (secondary N) is 2. The Hall–Kier alpha value is -2.54. The van der Waals surface area contributed by atoms with Crippen LogP contribution in [-0.2, 0) is 15.0 Å². The molecule has 0 aromatic heterocycles. The third kappa shape index (κ3) is 6.56. The van der Waals surface area contributed by atoms with Crippen molar-refractivity contribution in [1.29, 1.82) is 0 Å². The standard InChI is InChI=1S/C21H25BrN2O4/c1-14-7-5-6-8-17(14)27-12-19(25)23-24-20(26)13-28-18-10-9-15(11-16(18)22)21(2,3)4/h5-11H,12-13H2,1-4H3,(H,23,25)(H,24,26). The first kappa shape index (κ1) is 21.8. The molecule has 0 heterocycles. The molecule has 6 nitrogen and oxygen atoms in total. The van der Waals surface area contributed by atoms with E-state index in [0.717, 1.165) is 15.6 Å². The number of amides is 2. The van der Waals surface area contributed by atoms with Crippen LogP contribution in [0.2, 0.25) is 0 Å². The lowest BCUT2D eigenvalue weighted by Crippen LogP contribution is -2.45. The molecule has 0 saturated carbocycles. The normalized spacial score (nSPS) is 10.9. The van der Waals surface area contributed by atoms with Crippen LogP contribution >= 0.6 is 15.9 Å². The van der Waals surface area contributed by atoms with Crippen molar-refractivity contribution in [3.8, 4) is 11.5 Å². The lowest BCUT2D eigenvalue weighted by atomic mass is 9.87. The maximum absolute atomic E-state index is 11.9. The maximum atomic E-state index is 11.9. The van der Waals surface area contributed by atoms with Crippen LogP contribution < -0.4 is 20.3 Å². The van der Waals surface area contributed by atoms with Crippen LogP contribution in [0.3, 0.4) is 0 Å². The number of hydrogen-bond donors (Lipinski definition) is 2. The number of carbonyl (C=O) groups excluding carboxylic acids is 2. The number of carbonyl (C=O) groups is 2. The molecule has 0 radical (unpaired) electrons. The third-order valence-electron chi connectivity index (χ3n) is 3.95. The Bertz CT molecular complexity index is 847. The van der Waals surface area contributed by atoms with E-state index in [0.29, 0.717) is 11.5 Å². The Kier molecular flexibility index (Phi) is 7.45. The molecule has 2 N–H and O–H groups in total. The number of hydrogen-bond acceptors (Lipinski definition) is 4. The van der Waals surface area contributed by atoms with Gasteiger partial charge in [-0.15, -0.1) is 0 Å². The van der Waals surface area contributed by atoms with Crippen molar-refractivity contribution >= 4 is 27.7 Å². The average molecular weight is 449 g/mol. The molecule has 0 atom stereocenters. The van der Waals surface area contributed by atoms with Crippen LogP contribution in [0.15, 0.2) is 46.9 Å². The topological polar surface area (TPSA) is 76.7 Å². The fourth-order valence-electron chi connectivity index (χ4n) is 2.30. The quantitative estimate of drug-likeness (QED) is 0.661. The molecule has 0 bridgehead atoms. The summed E-state index contributed by atoms with van der Waals surface area (Å²) in [5, 5.41) is 0. The molecule has 0 saturated heterocycles. The SMILES string of the molecule is Cc1ccccc1OCC(=O)NNC(=O)COc1ccc(C(C)(C)C)cc1Br.